The largest absolute Gasteiger partial charge is 0.417 e. The van der Waals surface area contributed by atoms with Crippen LogP contribution in [0.25, 0.3) is 22.0 Å². The second-order valence-electron chi connectivity index (χ2n) is 9.49. The van der Waals surface area contributed by atoms with Crippen LogP contribution in [0.2, 0.25) is 0 Å². The monoisotopic (exact) mass is 505 g/mol. The molecule has 1 heterocycles. The first kappa shape index (κ1) is 23.8. The van der Waals surface area contributed by atoms with E-state index in [4.69, 9.17) is 0 Å². The minimum absolute atomic E-state index is 0.0696. The van der Waals surface area contributed by atoms with E-state index in [1.54, 1.807) is 10.8 Å². The fourth-order valence-corrected chi connectivity index (χ4v) is 6.13. The SMILES string of the molecule is N#CC1(Cn2cc(CNS(=O)(=O)C3CCC3)c3cc(F)c(-c4ccccc4C(F)(F)F)cc32)CC1. The number of rotatable bonds is 7. The topological polar surface area (TPSA) is 74.9 Å². The Labute approximate surface area is 200 Å². The molecule has 5 nitrogen and oxygen atoms in total. The van der Waals surface area contributed by atoms with Crippen molar-refractivity contribution in [3.8, 4) is 17.2 Å². The van der Waals surface area contributed by atoms with Crippen molar-refractivity contribution in [1.82, 2.24) is 9.29 Å². The molecule has 0 spiro atoms. The second kappa shape index (κ2) is 8.35. The molecule has 0 radical (unpaired) electrons. The highest BCUT2D eigenvalue weighted by atomic mass is 32.2. The molecule has 35 heavy (non-hydrogen) atoms. The fraction of sp³-hybridized carbons (Fsp3) is 0.400. The summed E-state index contributed by atoms with van der Waals surface area (Å²) in [4.78, 5) is 0. The molecule has 1 N–H and O–H groups in total. The van der Waals surface area contributed by atoms with Gasteiger partial charge in [0.05, 0.1) is 22.3 Å². The summed E-state index contributed by atoms with van der Waals surface area (Å²) in [7, 11) is -3.52. The number of alkyl halides is 3. The van der Waals surface area contributed by atoms with Crippen LogP contribution in [-0.4, -0.2) is 18.2 Å². The highest BCUT2D eigenvalue weighted by Gasteiger charge is 2.44. The Kier molecular flexibility index (Phi) is 5.68. The van der Waals surface area contributed by atoms with Gasteiger partial charge in [0.2, 0.25) is 10.0 Å². The van der Waals surface area contributed by atoms with E-state index in [2.05, 4.69) is 10.8 Å². The van der Waals surface area contributed by atoms with E-state index < -0.39 is 38.2 Å². The average molecular weight is 506 g/mol. The van der Waals surface area contributed by atoms with Crippen LogP contribution in [0.3, 0.4) is 0 Å². The van der Waals surface area contributed by atoms with E-state index >= 15 is 4.39 Å². The predicted molar refractivity (Wildman–Crippen MR) is 123 cm³/mol. The number of sulfonamides is 1. The zero-order valence-electron chi connectivity index (χ0n) is 18.7. The van der Waals surface area contributed by atoms with E-state index in [0.717, 1.165) is 18.6 Å². The Morgan fingerprint density at radius 2 is 1.86 bits per heavy atom. The van der Waals surface area contributed by atoms with Gasteiger partial charge < -0.3 is 4.57 Å². The number of hydrogen-bond acceptors (Lipinski definition) is 3. The van der Waals surface area contributed by atoms with Gasteiger partial charge in [0, 0.05) is 35.8 Å². The van der Waals surface area contributed by atoms with Crippen molar-refractivity contribution in [1.29, 1.82) is 5.26 Å². The summed E-state index contributed by atoms with van der Waals surface area (Å²) in [5.74, 6) is -0.837. The van der Waals surface area contributed by atoms with Crippen molar-refractivity contribution >= 4 is 20.9 Å². The van der Waals surface area contributed by atoms with Crippen molar-refractivity contribution in [3.05, 3.63) is 59.5 Å². The van der Waals surface area contributed by atoms with Crippen LogP contribution in [0.15, 0.2) is 42.6 Å². The zero-order chi connectivity index (χ0) is 25.0. The summed E-state index contributed by atoms with van der Waals surface area (Å²) in [5, 5.41) is 9.53. The van der Waals surface area contributed by atoms with Gasteiger partial charge in [-0.2, -0.15) is 18.4 Å². The second-order valence-corrected chi connectivity index (χ2v) is 11.5. The quantitative estimate of drug-likeness (QED) is 0.416. The molecule has 0 amide bonds. The zero-order valence-corrected chi connectivity index (χ0v) is 19.5. The van der Waals surface area contributed by atoms with E-state index in [1.807, 2.05) is 0 Å². The number of hydrogen-bond donors (Lipinski definition) is 1. The normalized spacial score (nSPS) is 17.8. The van der Waals surface area contributed by atoms with Crippen LogP contribution in [0.5, 0.6) is 0 Å². The number of nitriles is 1. The molecule has 1 aromatic heterocycles. The molecule has 2 saturated carbocycles. The molecule has 184 valence electrons. The van der Waals surface area contributed by atoms with Gasteiger partial charge in [0.25, 0.3) is 0 Å². The maximum Gasteiger partial charge on any atom is 0.417 e. The number of fused-ring (bicyclic) bond motifs is 1. The molecule has 0 atom stereocenters. The molecule has 10 heteroatoms. The molecule has 5 rings (SSSR count). The lowest BCUT2D eigenvalue weighted by molar-refractivity contribution is -0.137. The number of nitrogens with zero attached hydrogens (tertiary/aromatic N) is 2. The van der Waals surface area contributed by atoms with Gasteiger partial charge >= 0.3 is 6.18 Å². The summed E-state index contributed by atoms with van der Waals surface area (Å²) < 4.78 is 85.5. The van der Waals surface area contributed by atoms with E-state index in [-0.39, 0.29) is 17.7 Å². The number of nitrogens with one attached hydrogen (secondary N) is 1. The minimum atomic E-state index is -4.66. The van der Waals surface area contributed by atoms with Crippen LogP contribution in [0.4, 0.5) is 17.6 Å². The molecule has 0 saturated heterocycles. The van der Waals surface area contributed by atoms with Crippen molar-refractivity contribution in [2.75, 3.05) is 0 Å². The van der Waals surface area contributed by atoms with Crippen LogP contribution >= 0.6 is 0 Å². The fourth-order valence-electron chi connectivity index (χ4n) is 4.59. The first-order valence-electron chi connectivity index (χ1n) is 11.4. The molecule has 2 aromatic carbocycles. The Bertz CT molecular complexity index is 1450. The van der Waals surface area contributed by atoms with Gasteiger partial charge in [-0.1, -0.05) is 24.6 Å². The molecular formula is C25H23F4N3O2S. The molecular weight excluding hydrogens is 482 g/mol. The summed E-state index contributed by atoms with van der Waals surface area (Å²) >= 11 is 0. The highest BCUT2D eigenvalue weighted by molar-refractivity contribution is 7.90. The van der Waals surface area contributed by atoms with Crippen molar-refractivity contribution in [2.24, 2.45) is 5.41 Å². The number of halogens is 4. The van der Waals surface area contributed by atoms with Gasteiger partial charge in [0.1, 0.15) is 5.82 Å². The molecule has 0 unspecified atom stereocenters. The van der Waals surface area contributed by atoms with Gasteiger partial charge in [-0.05, 0) is 55.0 Å². The summed E-state index contributed by atoms with van der Waals surface area (Å²) in [6.07, 6.45) is 0.439. The lowest BCUT2D eigenvalue weighted by Crippen LogP contribution is -2.38. The average Bonchev–Trinajstić information content (AvgIpc) is 3.46. The maximum atomic E-state index is 15.3. The van der Waals surface area contributed by atoms with Crippen LogP contribution in [0.1, 0.15) is 43.2 Å². The van der Waals surface area contributed by atoms with Crippen molar-refractivity contribution in [3.63, 3.8) is 0 Å². The Morgan fingerprint density at radius 3 is 2.46 bits per heavy atom. The maximum absolute atomic E-state index is 15.3. The third-order valence-electron chi connectivity index (χ3n) is 7.09. The van der Waals surface area contributed by atoms with Gasteiger partial charge in [0.15, 0.2) is 0 Å². The lowest BCUT2D eigenvalue weighted by Gasteiger charge is -2.25. The van der Waals surface area contributed by atoms with Crippen LogP contribution < -0.4 is 4.72 Å². The summed E-state index contributed by atoms with van der Waals surface area (Å²) in [6.45, 7) is 0.223. The lowest BCUT2D eigenvalue weighted by atomic mass is 9.97. The number of benzene rings is 2. The minimum Gasteiger partial charge on any atom is -0.346 e. The van der Waals surface area contributed by atoms with Crippen LogP contribution in [0, 0.1) is 22.6 Å². The molecule has 0 bridgehead atoms. The number of aromatic nitrogens is 1. The summed E-state index contributed by atoms with van der Waals surface area (Å²) in [6, 6.07) is 9.63. The predicted octanol–water partition coefficient (Wildman–Crippen LogP) is 5.74. The van der Waals surface area contributed by atoms with E-state index in [9.17, 15) is 26.9 Å². The highest BCUT2D eigenvalue weighted by Crippen LogP contribution is 2.47. The first-order valence-corrected chi connectivity index (χ1v) is 13.0. The first-order chi connectivity index (χ1) is 16.5. The Hall–Kier alpha value is -2.90. The molecule has 0 aliphatic heterocycles. The molecule has 2 aliphatic carbocycles. The smallest absolute Gasteiger partial charge is 0.346 e. The molecule has 2 aliphatic rings. The van der Waals surface area contributed by atoms with Gasteiger partial charge in [-0.15, -0.1) is 0 Å². The molecule has 2 fully saturated rings. The van der Waals surface area contributed by atoms with Crippen molar-refractivity contribution in [2.45, 2.75) is 56.6 Å². The Morgan fingerprint density at radius 1 is 1.14 bits per heavy atom. The van der Waals surface area contributed by atoms with Gasteiger partial charge in [-0.3, -0.25) is 0 Å². The Balaban J connectivity index is 1.60. The third-order valence-corrected chi connectivity index (χ3v) is 8.99. The van der Waals surface area contributed by atoms with Crippen molar-refractivity contribution < 1.29 is 26.0 Å². The van der Waals surface area contributed by atoms with Gasteiger partial charge in [-0.25, -0.2) is 17.5 Å². The third kappa shape index (κ3) is 4.43. The van der Waals surface area contributed by atoms with Crippen LogP contribution in [-0.2, 0) is 29.3 Å². The standard InChI is InChI=1S/C25H23F4N3O2S/c26-22-10-19-16(12-31-35(33,34)17-4-3-5-17)13-32(15-24(14-30)8-9-24)23(19)11-20(22)18-6-1-2-7-21(18)25(27,28)29/h1-2,6-7,10-11,13,17,31H,3-5,8-9,12,15H2. The molecule has 3 aromatic rings. The van der Waals surface area contributed by atoms with E-state index in [0.29, 0.717) is 48.7 Å². The summed E-state index contributed by atoms with van der Waals surface area (Å²) in [5.41, 5.74) is -1.04. The van der Waals surface area contributed by atoms with E-state index in [1.165, 1.54) is 24.3 Å².